The van der Waals surface area contributed by atoms with Gasteiger partial charge in [0.2, 0.25) is 0 Å². The molecule has 3 nitrogen and oxygen atoms in total. The van der Waals surface area contributed by atoms with E-state index in [1.54, 1.807) is 11.3 Å². The molecule has 1 aliphatic heterocycles. The summed E-state index contributed by atoms with van der Waals surface area (Å²) in [5.74, 6) is 0. The molecule has 0 amide bonds. The molecule has 0 aliphatic carbocycles. The van der Waals surface area contributed by atoms with Gasteiger partial charge in [0.15, 0.2) is 5.13 Å². The van der Waals surface area contributed by atoms with Crippen molar-refractivity contribution in [3.8, 4) is 0 Å². The van der Waals surface area contributed by atoms with E-state index in [1.165, 1.54) is 43.2 Å². The molecule has 1 aliphatic rings. The van der Waals surface area contributed by atoms with Crippen LogP contribution in [0, 0.1) is 0 Å². The number of rotatable bonds is 4. The van der Waals surface area contributed by atoms with Crippen LogP contribution in [0.2, 0.25) is 0 Å². The van der Waals surface area contributed by atoms with Crippen molar-refractivity contribution in [3.05, 3.63) is 11.1 Å². The smallest absolute Gasteiger partial charge is 0.185 e. The van der Waals surface area contributed by atoms with Crippen LogP contribution < -0.4 is 10.2 Å². The van der Waals surface area contributed by atoms with Gasteiger partial charge < -0.3 is 10.2 Å². The molecule has 0 saturated carbocycles. The first kappa shape index (κ1) is 11.9. The quantitative estimate of drug-likeness (QED) is 0.875. The first-order chi connectivity index (χ1) is 7.81. The van der Waals surface area contributed by atoms with E-state index in [2.05, 4.69) is 29.4 Å². The minimum Gasteiger partial charge on any atom is -0.348 e. The zero-order valence-electron chi connectivity index (χ0n) is 10.2. The van der Waals surface area contributed by atoms with E-state index in [-0.39, 0.29) is 0 Å². The summed E-state index contributed by atoms with van der Waals surface area (Å²) in [7, 11) is 0. The number of thiazole rings is 1. The molecular formula is C12H21N3S. The summed E-state index contributed by atoms with van der Waals surface area (Å²) >= 11 is 1.79. The highest BCUT2D eigenvalue weighted by Crippen LogP contribution is 2.26. The summed E-state index contributed by atoms with van der Waals surface area (Å²) < 4.78 is 0. The molecule has 0 aromatic carbocycles. The number of nitrogens with one attached hydrogen (secondary N) is 1. The normalized spacial score (nSPS) is 18.8. The van der Waals surface area contributed by atoms with E-state index >= 15 is 0 Å². The molecule has 1 N–H and O–H groups in total. The third-order valence-electron chi connectivity index (χ3n) is 3.09. The summed E-state index contributed by atoms with van der Waals surface area (Å²) in [5.41, 5.74) is 1.19. The molecule has 1 saturated heterocycles. The van der Waals surface area contributed by atoms with Crippen LogP contribution in [0.25, 0.3) is 0 Å². The second kappa shape index (κ2) is 5.64. The van der Waals surface area contributed by atoms with E-state index < -0.39 is 0 Å². The van der Waals surface area contributed by atoms with Crippen LogP contribution in [0.4, 0.5) is 5.13 Å². The summed E-state index contributed by atoms with van der Waals surface area (Å²) in [6, 6.07) is 0.375. The van der Waals surface area contributed by atoms with E-state index in [1.807, 2.05) is 0 Å². The Hall–Kier alpha value is -0.610. The standard InChI is InChI=1S/C12H21N3S/c1-3-13-10(2)11-9-16-12(14-11)15-7-5-4-6-8-15/h9-10,13H,3-8H2,1-2H3. The Morgan fingerprint density at radius 3 is 2.88 bits per heavy atom. The van der Waals surface area contributed by atoms with Gasteiger partial charge in [-0.3, -0.25) is 0 Å². The fourth-order valence-electron chi connectivity index (χ4n) is 2.12. The maximum Gasteiger partial charge on any atom is 0.185 e. The van der Waals surface area contributed by atoms with Gasteiger partial charge in [-0.2, -0.15) is 0 Å². The SMILES string of the molecule is CCNC(C)c1csc(N2CCCCC2)n1. The Morgan fingerprint density at radius 2 is 2.19 bits per heavy atom. The van der Waals surface area contributed by atoms with Crippen molar-refractivity contribution in [2.75, 3.05) is 24.5 Å². The summed E-state index contributed by atoms with van der Waals surface area (Å²) in [6.45, 7) is 7.68. The first-order valence-electron chi connectivity index (χ1n) is 6.25. The zero-order valence-corrected chi connectivity index (χ0v) is 11.0. The van der Waals surface area contributed by atoms with Crippen LogP contribution in [0.15, 0.2) is 5.38 Å². The second-order valence-corrected chi connectivity index (χ2v) is 5.22. The van der Waals surface area contributed by atoms with Gasteiger partial charge in [0, 0.05) is 24.5 Å². The van der Waals surface area contributed by atoms with Crippen molar-refractivity contribution in [1.82, 2.24) is 10.3 Å². The zero-order chi connectivity index (χ0) is 11.4. The van der Waals surface area contributed by atoms with Crippen LogP contribution in [0.5, 0.6) is 0 Å². The highest BCUT2D eigenvalue weighted by molar-refractivity contribution is 7.13. The van der Waals surface area contributed by atoms with E-state index in [4.69, 9.17) is 4.98 Å². The van der Waals surface area contributed by atoms with Gasteiger partial charge in [-0.25, -0.2) is 4.98 Å². The molecule has 2 rings (SSSR count). The molecule has 4 heteroatoms. The fourth-order valence-corrected chi connectivity index (χ4v) is 3.09. The van der Waals surface area contributed by atoms with Gasteiger partial charge in [0.25, 0.3) is 0 Å². The lowest BCUT2D eigenvalue weighted by Crippen LogP contribution is -2.29. The maximum atomic E-state index is 4.73. The highest BCUT2D eigenvalue weighted by atomic mass is 32.1. The van der Waals surface area contributed by atoms with Crippen molar-refractivity contribution in [3.63, 3.8) is 0 Å². The number of nitrogens with zero attached hydrogens (tertiary/aromatic N) is 2. The molecule has 90 valence electrons. The van der Waals surface area contributed by atoms with Crippen LogP contribution in [0.3, 0.4) is 0 Å². The van der Waals surface area contributed by atoms with E-state index in [0.717, 1.165) is 6.54 Å². The monoisotopic (exact) mass is 239 g/mol. The predicted octanol–water partition coefficient (Wildman–Crippen LogP) is 2.80. The van der Waals surface area contributed by atoms with Crippen molar-refractivity contribution >= 4 is 16.5 Å². The Bertz CT molecular complexity index is 318. The van der Waals surface area contributed by atoms with Crippen LogP contribution in [0.1, 0.15) is 44.8 Å². The third kappa shape index (κ3) is 2.74. The van der Waals surface area contributed by atoms with Crippen molar-refractivity contribution in [1.29, 1.82) is 0 Å². The molecule has 0 bridgehead atoms. The molecule has 1 aromatic heterocycles. The number of anilines is 1. The predicted molar refractivity (Wildman–Crippen MR) is 70.3 cm³/mol. The lowest BCUT2D eigenvalue weighted by Gasteiger charge is -2.25. The molecule has 1 fully saturated rings. The lowest BCUT2D eigenvalue weighted by atomic mass is 10.1. The Labute approximate surface area is 102 Å². The minimum absolute atomic E-state index is 0.375. The van der Waals surface area contributed by atoms with Gasteiger partial charge in [-0.05, 0) is 32.7 Å². The second-order valence-electron chi connectivity index (χ2n) is 4.38. The minimum atomic E-state index is 0.375. The Kier molecular flexibility index (Phi) is 4.18. The first-order valence-corrected chi connectivity index (χ1v) is 7.13. The summed E-state index contributed by atoms with van der Waals surface area (Å²) in [4.78, 5) is 7.16. The van der Waals surface area contributed by atoms with Crippen LogP contribution >= 0.6 is 11.3 Å². The fraction of sp³-hybridized carbons (Fsp3) is 0.750. The molecule has 1 unspecified atom stereocenters. The summed E-state index contributed by atoms with van der Waals surface area (Å²) in [6.07, 6.45) is 4.01. The number of aromatic nitrogens is 1. The topological polar surface area (TPSA) is 28.2 Å². The average Bonchev–Trinajstić information content (AvgIpc) is 2.80. The van der Waals surface area contributed by atoms with Crippen molar-refractivity contribution in [2.45, 2.75) is 39.2 Å². The highest BCUT2D eigenvalue weighted by Gasteiger charge is 2.15. The summed E-state index contributed by atoms with van der Waals surface area (Å²) in [5, 5.41) is 6.80. The van der Waals surface area contributed by atoms with Crippen LogP contribution in [-0.4, -0.2) is 24.6 Å². The molecule has 2 heterocycles. The molecule has 1 atom stereocenters. The lowest BCUT2D eigenvalue weighted by molar-refractivity contribution is 0.568. The molecule has 16 heavy (non-hydrogen) atoms. The number of hydrogen-bond acceptors (Lipinski definition) is 4. The molecule has 0 radical (unpaired) electrons. The molecule has 0 spiro atoms. The Morgan fingerprint density at radius 1 is 1.44 bits per heavy atom. The van der Waals surface area contributed by atoms with Gasteiger partial charge in [0.05, 0.1) is 5.69 Å². The number of piperidine rings is 1. The number of hydrogen-bond donors (Lipinski definition) is 1. The molecule has 1 aromatic rings. The maximum absolute atomic E-state index is 4.73. The van der Waals surface area contributed by atoms with E-state index in [9.17, 15) is 0 Å². The van der Waals surface area contributed by atoms with Crippen LogP contribution in [-0.2, 0) is 0 Å². The average molecular weight is 239 g/mol. The third-order valence-corrected chi connectivity index (χ3v) is 4.01. The molecular weight excluding hydrogens is 218 g/mol. The van der Waals surface area contributed by atoms with Gasteiger partial charge in [-0.1, -0.05) is 6.92 Å². The van der Waals surface area contributed by atoms with Crippen molar-refractivity contribution < 1.29 is 0 Å². The largest absolute Gasteiger partial charge is 0.348 e. The van der Waals surface area contributed by atoms with Gasteiger partial charge >= 0.3 is 0 Å². The van der Waals surface area contributed by atoms with Gasteiger partial charge in [0.1, 0.15) is 0 Å². The van der Waals surface area contributed by atoms with Crippen molar-refractivity contribution in [2.24, 2.45) is 0 Å². The Balaban J connectivity index is 2.00. The van der Waals surface area contributed by atoms with Gasteiger partial charge in [-0.15, -0.1) is 11.3 Å². The van der Waals surface area contributed by atoms with E-state index in [0.29, 0.717) is 6.04 Å².